The van der Waals surface area contributed by atoms with Crippen LogP contribution in [-0.2, 0) is 26.2 Å². The number of hydrogen-bond donors (Lipinski definition) is 1. The van der Waals surface area contributed by atoms with E-state index in [0.29, 0.717) is 6.54 Å². The van der Waals surface area contributed by atoms with Crippen LogP contribution in [0.5, 0.6) is 0 Å². The standard InChI is InChI=1S/C29H33BrFN3O4S/c1-20(2)17-32-29(36)22(4)33(18-23-7-9-24(30)10-8-23)28(35)19-34(26-13-11-25(31)12-14-26)39(37,38)27-15-5-21(3)6-16-27/h5-16,20,22H,17-19H2,1-4H3,(H,32,36)/t22-/m0/s1. The van der Waals surface area contributed by atoms with E-state index in [1.54, 1.807) is 19.1 Å². The van der Waals surface area contributed by atoms with Crippen LogP contribution < -0.4 is 9.62 Å². The molecule has 39 heavy (non-hydrogen) atoms. The van der Waals surface area contributed by atoms with Crippen molar-refractivity contribution in [3.05, 3.63) is 94.2 Å². The van der Waals surface area contributed by atoms with Crippen molar-refractivity contribution in [1.29, 1.82) is 0 Å². The number of anilines is 1. The molecule has 0 aliphatic rings. The van der Waals surface area contributed by atoms with E-state index in [4.69, 9.17) is 0 Å². The van der Waals surface area contributed by atoms with Gasteiger partial charge in [0.25, 0.3) is 10.0 Å². The molecule has 0 bridgehead atoms. The number of rotatable bonds is 11. The maximum Gasteiger partial charge on any atom is 0.264 e. The average Bonchev–Trinajstić information content (AvgIpc) is 2.90. The smallest absolute Gasteiger partial charge is 0.264 e. The molecule has 1 atom stereocenters. The summed E-state index contributed by atoms with van der Waals surface area (Å²) in [5.41, 5.74) is 1.77. The predicted octanol–water partition coefficient (Wildman–Crippen LogP) is 5.28. The number of halogens is 2. The molecular formula is C29H33BrFN3O4S. The molecule has 0 aliphatic carbocycles. The maximum absolute atomic E-state index is 13.8. The van der Waals surface area contributed by atoms with Crippen LogP contribution >= 0.6 is 15.9 Å². The van der Waals surface area contributed by atoms with E-state index in [9.17, 15) is 22.4 Å². The molecule has 0 aliphatic heterocycles. The predicted molar refractivity (Wildman–Crippen MR) is 154 cm³/mol. The Morgan fingerprint density at radius 1 is 0.923 bits per heavy atom. The highest BCUT2D eigenvalue weighted by Gasteiger charge is 2.32. The zero-order valence-electron chi connectivity index (χ0n) is 22.4. The van der Waals surface area contributed by atoms with Gasteiger partial charge in [0.15, 0.2) is 0 Å². The number of aryl methyl sites for hydroxylation is 1. The molecule has 0 unspecified atom stereocenters. The molecule has 10 heteroatoms. The van der Waals surface area contributed by atoms with Crippen molar-refractivity contribution >= 4 is 43.5 Å². The molecule has 0 saturated heterocycles. The highest BCUT2D eigenvalue weighted by Crippen LogP contribution is 2.25. The molecule has 7 nitrogen and oxygen atoms in total. The van der Waals surface area contributed by atoms with Crippen molar-refractivity contribution < 1.29 is 22.4 Å². The van der Waals surface area contributed by atoms with Gasteiger partial charge in [-0.1, -0.05) is 59.6 Å². The monoisotopic (exact) mass is 617 g/mol. The first-order valence-corrected chi connectivity index (χ1v) is 14.8. The zero-order chi connectivity index (χ0) is 28.7. The molecule has 3 aromatic rings. The van der Waals surface area contributed by atoms with Crippen molar-refractivity contribution in [2.45, 2.75) is 45.2 Å². The molecule has 208 valence electrons. The van der Waals surface area contributed by atoms with Crippen LogP contribution in [0.2, 0.25) is 0 Å². The average molecular weight is 619 g/mol. The van der Waals surface area contributed by atoms with Crippen molar-refractivity contribution in [3.63, 3.8) is 0 Å². The van der Waals surface area contributed by atoms with Crippen LogP contribution in [0.3, 0.4) is 0 Å². The molecule has 3 rings (SSSR count). The maximum atomic E-state index is 13.8. The van der Waals surface area contributed by atoms with Gasteiger partial charge in [0.2, 0.25) is 11.8 Å². The number of nitrogens with one attached hydrogen (secondary N) is 1. The fraction of sp³-hybridized carbons (Fsp3) is 0.310. The van der Waals surface area contributed by atoms with E-state index in [1.165, 1.54) is 29.2 Å². The number of nitrogens with zero attached hydrogens (tertiary/aromatic N) is 2. The minimum Gasteiger partial charge on any atom is -0.354 e. The van der Waals surface area contributed by atoms with E-state index in [1.807, 2.05) is 45.0 Å². The van der Waals surface area contributed by atoms with Crippen molar-refractivity contribution in [1.82, 2.24) is 10.2 Å². The van der Waals surface area contributed by atoms with Gasteiger partial charge in [-0.3, -0.25) is 13.9 Å². The van der Waals surface area contributed by atoms with Gasteiger partial charge < -0.3 is 10.2 Å². The lowest BCUT2D eigenvalue weighted by Gasteiger charge is -2.32. The topological polar surface area (TPSA) is 86.8 Å². The van der Waals surface area contributed by atoms with Crippen LogP contribution in [0.1, 0.15) is 31.9 Å². The number of amides is 2. The normalized spacial score (nSPS) is 12.2. The first-order valence-electron chi connectivity index (χ1n) is 12.5. The summed E-state index contributed by atoms with van der Waals surface area (Å²) >= 11 is 3.39. The summed E-state index contributed by atoms with van der Waals surface area (Å²) in [5, 5.41) is 2.85. The van der Waals surface area contributed by atoms with E-state index >= 15 is 0 Å². The minimum atomic E-state index is -4.20. The molecule has 0 aromatic heterocycles. The van der Waals surface area contributed by atoms with Gasteiger partial charge >= 0.3 is 0 Å². The Morgan fingerprint density at radius 2 is 1.51 bits per heavy atom. The summed E-state index contributed by atoms with van der Waals surface area (Å²) in [6, 6.07) is 17.6. The second kappa shape index (κ2) is 13.2. The fourth-order valence-electron chi connectivity index (χ4n) is 3.80. The molecule has 0 heterocycles. The molecule has 0 fully saturated rings. The Hall–Kier alpha value is -3.24. The number of benzene rings is 3. The lowest BCUT2D eigenvalue weighted by Crippen LogP contribution is -2.51. The molecule has 1 N–H and O–H groups in total. The molecule has 0 spiro atoms. The van der Waals surface area contributed by atoms with E-state index in [-0.39, 0.29) is 29.0 Å². The van der Waals surface area contributed by atoms with Gasteiger partial charge in [0, 0.05) is 17.6 Å². The molecular weight excluding hydrogens is 585 g/mol. The highest BCUT2D eigenvalue weighted by molar-refractivity contribution is 9.10. The van der Waals surface area contributed by atoms with Gasteiger partial charge in [0.05, 0.1) is 10.6 Å². The largest absolute Gasteiger partial charge is 0.354 e. The first kappa shape index (κ1) is 30.3. The number of sulfonamides is 1. The van der Waals surface area contributed by atoms with E-state index < -0.39 is 34.3 Å². The zero-order valence-corrected chi connectivity index (χ0v) is 24.8. The third kappa shape index (κ3) is 8.12. The minimum absolute atomic E-state index is 0.00703. The first-order chi connectivity index (χ1) is 18.4. The molecule has 2 amide bonds. The summed E-state index contributed by atoms with van der Waals surface area (Å²) in [4.78, 5) is 28.2. The Labute approximate surface area is 238 Å². The highest BCUT2D eigenvalue weighted by atomic mass is 79.9. The van der Waals surface area contributed by atoms with Crippen LogP contribution in [0.15, 0.2) is 82.2 Å². The van der Waals surface area contributed by atoms with Gasteiger partial charge in [-0.25, -0.2) is 12.8 Å². The van der Waals surface area contributed by atoms with E-state index in [2.05, 4.69) is 21.2 Å². The quantitative estimate of drug-likeness (QED) is 0.317. The van der Waals surface area contributed by atoms with Crippen molar-refractivity contribution in [2.75, 3.05) is 17.4 Å². The Kier molecular flexibility index (Phi) is 10.3. The molecule has 0 saturated carbocycles. The van der Waals surface area contributed by atoms with Gasteiger partial charge in [-0.15, -0.1) is 0 Å². The van der Waals surface area contributed by atoms with Gasteiger partial charge in [-0.05, 0) is 73.9 Å². The second-order valence-electron chi connectivity index (χ2n) is 9.76. The van der Waals surface area contributed by atoms with Crippen LogP contribution in [0.4, 0.5) is 10.1 Å². The number of hydrogen-bond acceptors (Lipinski definition) is 4. The van der Waals surface area contributed by atoms with Crippen LogP contribution in [-0.4, -0.2) is 44.3 Å². The van der Waals surface area contributed by atoms with Crippen molar-refractivity contribution in [3.8, 4) is 0 Å². The summed E-state index contributed by atoms with van der Waals surface area (Å²) in [6.07, 6.45) is 0. The second-order valence-corrected chi connectivity index (χ2v) is 12.5. The Morgan fingerprint density at radius 3 is 2.08 bits per heavy atom. The SMILES string of the molecule is Cc1ccc(S(=O)(=O)N(CC(=O)N(Cc2ccc(Br)cc2)[C@@H](C)C(=O)NCC(C)C)c2ccc(F)cc2)cc1. The number of carbonyl (C=O) groups is 2. The third-order valence-corrected chi connectivity index (χ3v) is 8.44. The summed E-state index contributed by atoms with van der Waals surface area (Å²) in [7, 11) is -4.20. The fourth-order valence-corrected chi connectivity index (χ4v) is 5.47. The molecule has 0 radical (unpaired) electrons. The summed E-state index contributed by atoms with van der Waals surface area (Å²) in [6.45, 7) is 7.32. The third-order valence-electron chi connectivity index (χ3n) is 6.12. The summed E-state index contributed by atoms with van der Waals surface area (Å²) < 4.78 is 43.0. The Balaban J connectivity index is 2.00. The lowest BCUT2D eigenvalue weighted by atomic mass is 10.1. The number of carbonyl (C=O) groups excluding carboxylic acids is 2. The van der Waals surface area contributed by atoms with Crippen LogP contribution in [0, 0.1) is 18.7 Å². The van der Waals surface area contributed by atoms with E-state index in [0.717, 1.165) is 32.0 Å². The van der Waals surface area contributed by atoms with Gasteiger partial charge in [-0.2, -0.15) is 0 Å². The Bertz CT molecular complexity index is 1380. The lowest BCUT2D eigenvalue weighted by molar-refractivity contribution is -0.139. The van der Waals surface area contributed by atoms with Gasteiger partial charge in [0.1, 0.15) is 18.4 Å². The van der Waals surface area contributed by atoms with Crippen LogP contribution in [0.25, 0.3) is 0 Å². The summed E-state index contributed by atoms with van der Waals surface area (Å²) in [5.74, 6) is -1.25. The van der Waals surface area contributed by atoms with Crippen molar-refractivity contribution in [2.24, 2.45) is 5.92 Å². The molecule has 3 aromatic carbocycles.